The Morgan fingerprint density at radius 2 is 1.85 bits per heavy atom. The number of aromatic hydroxyl groups is 1. The van der Waals surface area contributed by atoms with Crippen LogP contribution in [0.3, 0.4) is 0 Å². The highest BCUT2D eigenvalue weighted by atomic mass is 16.5. The Labute approximate surface area is 160 Å². The molecule has 0 radical (unpaired) electrons. The maximum Gasteiger partial charge on any atom is 0.166 e. The van der Waals surface area contributed by atoms with E-state index in [-0.39, 0.29) is 19.0 Å². The number of phenolic OH excluding ortho intramolecular Hbond substituents is 1. The standard InChI is InChI=1S/C20H29N3O4/c1-3-5-6-15(4-2)10-26-11-16(24)12-27-17-7-8-18(19(25)9-17)20-22-13-21-14-23-20/h7-9,13-16,24-25H,3-6,10-12H2,1-2H3. The molecule has 2 aromatic rings. The van der Waals surface area contributed by atoms with Gasteiger partial charge < -0.3 is 19.7 Å². The van der Waals surface area contributed by atoms with E-state index >= 15 is 0 Å². The van der Waals surface area contributed by atoms with Crippen LogP contribution in [0.1, 0.15) is 39.5 Å². The summed E-state index contributed by atoms with van der Waals surface area (Å²) in [5.41, 5.74) is 0.492. The third-order valence-corrected chi connectivity index (χ3v) is 4.35. The number of aliphatic hydroxyl groups is 1. The van der Waals surface area contributed by atoms with E-state index < -0.39 is 6.10 Å². The van der Waals surface area contributed by atoms with Gasteiger partial charge in [-0.25, -0.2) is 15.0 Å². The molecule has 27 heavy (non-hydrogen) atoms. The van der Waals surface area contributed by atoms with Crippen molar-refractivity contribution in [3.8, 4) is 22.9 Å². The third kappa shape index (κ3) is 7.11. The van der Waals surface area contributed by atoms with Crippen LogP contribution in [0.2, 0.25) is 0 Å². The Hall–Kier alpha value is -2.25. The fourth-order valence-corrected chi connectivity index (χ4v) is 2.68. The van der Waals surface area contributed by atoms with E-state index in [1.165, 1.54) is 31.6 Å². The van der Waals surface area contributed by atoms with Crippen LogP contribution in [0.15, 0.2) is 30.9 Å². The molecule has 0 spiro atoms. The van der Waals surface area contributed by atoms with E-state index in [1.807, 2.05) is 0 Å². The molecule has 0 aliphatic carbocycles. The molecular weight excluding hydrogens is 346 g/mol. The number of aliphatic hydroxyl groups excluding tert-OH is 1. The average Bonchev–Trinajstić information content (AvgIpc) is 2.69. The van der Waals surface area contributed by atoms with E-state index in [0.717, 1.165) is 12.8 Å². The maximum absolute atomic E-state index is 10.1. The Morgan fingerprint density at radius 1 is 1.07 bits per heavy atom. The van der Waals surface area contributed by atoms with Gasteiger partial charge in [0.15, 0.2) is 5.82 Å². The van der Waals surface area contributed by atoms with Crippen molar-refractivity contribution in [2.45, 2.75) is 45.6 Å². The smallest absolute Gasteiger partial charge is 0.166 e. The molecule has 0 aliphatic heterocycles. The van der Waals surface area contributed by atoms with E-state index in [0.29, 0.717) is 29.7 Å². The van der Waals surface area contributed by atoms with Gasteiger partial charge in [0, 0.05) is 12.7 Å². The number of nitrogens with zero attached hydrogens (tertiary/aromatic N) is 3. The molecule has 0 saturated heterocycles. The Bertz CT molecular complexity index is 670. The summed E-state index contributed by atoms with van der Waals surface area (Å²) in [5.74, 6) is 1.39. The van der Waals surface area contributed by atoms with Gasteiger partial charge in [-0.2, -0.15) is 0 Å². The van der Waals surface area contributed by atoms with Crippen molar-refractivity contribution in [3.63, 3.8) is 0 Å². The largest absolute Gasteiger partial charge is 0.507 e. The first kappa shape index (κ1) is 21.1. The number of aromatic nitrogens is 3. The quantitative estimate of drug-likeness (QED) is 0.588. The minimum Gasteiger partial charge on any atom is -0.507 e. The molecule has 1 aromatic heterocycles. The molecule has 7 nitrogen and oxygen atoms in total. The van der Waals surface area contributed by atoms with Gasteiger partial charge >= 0.3 is 0 Å². The van der Waals surface area contributed by atoms with Crippen LogP contribution in [0.25, 0.3) is 11.4 Å². The van der Waals surface area contributed by atoms with Gasteiger partial charge in [0.25, 0.3) is 0 Å². The van der Waals surface area contributed by atoms with Gasteiger partial charge in [-0.05, 0) is 24.5 Å². The monoisotopic (exact) mass is 375 g/mol. The van der Waals surface area contributed by atoms with Crippen molar-refractivity contribution in [2.24, 2.45) is 5.92 Å². The van der Waals surface area contributed by atoms with Crippen LogP contribution in [0, 0.1) is 5.92 Å². The lowest BCUT2D eigenvalue weighted by Crippen LogP contribution is -2.25. The first-order valence-corrected chi connectivity index (χ1v) is 9.48. The van der Waals surface area contributed by atoms with Crippen LogP contribution < -0.4 is 4.74 Å². The second kappa shape index (κ2) is 11.5. The number of unbranched alkanes of at least 4 members (excludes halogenated alkanes) is 1. The summed E-state index contributed by atoms with van der Waals surface area (Å²) >= 11 is 0. The zero-order valence-corrected chi connectivity index (χ0v) is 16.0. The fourth-order valence-electron chi connectivity index (χ4n) is 2.68. The van der Waals surface area contributed by atoms with Gasteiger partial charge in [0.1, 0.15) is 36.9 Å². The van der Waals surface area contributed by atoms with Gasteiger partial charge in [-0.15, -0.1) is 0 Å². The summed E-state index contributed by atoms with van der Waals surface area (Å²) in [4.78, 5) is 11.8. The van der Waals surface area contributed by atoms with Crippen molar-refractivity contribution < 1.29 is 19.7 Å². The topological polar surface area (TPSA) is 97.6 Å². The number of benzene rings is 1. The third-order valence-electron chi connectivity index (χ3n) is 4.35. The molecule has 0 fully saturated rings. The van der Waals surface area contributed by atoms with Crippen molar-refractivity contribution >= 4 is 0 Å². The van der Waals surface area contributed by atoms with Crippen molar-refractivity contribution in [1.82, 2.24) is 15.0 Å². The Kier molecular flexibility index (Phi) is 8.94. The number of phenols is 1. The molecule has 2 rings (SSSR count). The van der Waals surface area contributed by atoms with Gasteiger partial charge in [-0.1, -0.05) is 33.1 Å². The lowest BCUT2D eigenvalue weighted by Gasteiger charge is -2.17. The highest BCUT2D eigenvalue weighted by Crippen LogP contribution is 2.30. The van der Waals surface area contributed by atoms with E-state index in [1.54, 1.807) is 12.1 Å². The molecule has 2 unspecified atom stereocenters. The molecular formula is C20H29N3O4. The molecule has 148 valence electrons. The number of hydrogen-bond acceptors (Lipinski definition) is 7. The molecule has 0 saturated carbocycles. The van der Waals surface area contributed by atoms with E-state index in [9.17, 15) is 10.2 Å². The minimum atomic E-state index is -0.723. The predicted molar refractivity (Wildman–Crippen MR) is 103 cm³/mol. The molecule has 0 bridgehead atoms. The number of rotatable bonds is 12. The average molecular weight is 375 g/mol. The van der Waals surface area contributed by atoms with Crippen LogP contribution in [-0.4, -0.2) is 51.1 Å². The summed E-state index contributed by atoms with van der Waals surface area (Å²) in [7, 11) is 0. The zero-order valence-electron chi connectivity index (χ0n) is 16.0. The van der Waals surface area contributed by atoms with E-state index in [4.69, 9.17) is 9.47 Å². The lowest BCUT2D eigenvalue weighted by atomic mass is 10.0. The van der Waals surface area contributed by atoms with Gasteiger partial charge in [0.05, 0.1) is 12.2 Å². The lowest BCUT2D eigenvalue weighted by molar-refractivity contribution is -0.00111. The molecule has 0 amide bonds. The summed E-state index contributed by atoms with van der Waals surface area (Å²) < 4.78 is 11.2. The maximum atomic E-state index is 10.1. The molecule has 1 aromatic carbocycles. The first-order chi connectivity index (χ1) is 13.1. The molecule has 0 aliphatic rings. The predicted octanol–water partition coefficient (Wildman–Crippen LogP) is 3.22. The molecule has 2 atom stereocenters. The van der Waals surface area contributed by atoms with Crippen molar-refractivity contribution in [2.75, 3.05) is 19.8 Å². The van der Waals surface area contributed by atoms with E-state index in [2.05, 4.69) is 28.8 Å². The Morgan fingerprint density at radius 3 is 2.52 bits per heavy atom. The molecule has 2 N–H and O–H groups in total. The number of ether oxygens (including phenoxy) is 2. The molecule has 1 heterocycles. The summed E-state index contributed by atoms with van der Waals surface area (Å²) in [6, 6.07) is 4.84. The zero-order chi connectivity index (χ0) is 19.5. The normalized spacial score (nSPS) is 13.3. The van der Waals surface area contributed by atoms with Crippen LogP contribution in [-0.2, 0) is 4.74 Å². The second-order valence-electron chi connectivity index (χ2n) is 6.56. The van der Waals surface area contributed by atoms with Crippen LogP contribution >= 0.6 is 0 Å². The SMILES string of the molecule is CCCCC(CC)COCC(O)COc1ccc(-c2ncncn2)c(O)c1. The first-order valence-electron chi connectivity index (χ1n) is 9.48. The Balaban J connectivity index is 1.76. The van der Waals surface area contributed by atoms with Gasteiger partial charge in [-0.3, -0.25) is 0 Å². The summed E-state index contributed by atoms with van der Waals surface area (Å²) in [6.45, 7) is 5.34. The minimum absolute atomic E-state index is 0.00570. The highest BCUT2D eigenvalue weighted by Gasteiger charge is 2.12. The number of hydrogen-bond donors (Lipinski definition) is 2. The second-order valence-corrected chi connectivity index (χ2v) is 6.56. The van der Waals surface area contributed by atoms with Gasteiger partial charge in [0.2, 0.25) is 0 Å². The van der Waals surface area contributed by atoms with Crippen molar-refractivity contribution in [3.05, 3.63) is 30.9 Å². The van der Waals surface area contributed by atoms with Crippen molar-refractivity contribution in [1.29, 1.82) is 0 Å². The highest BCUT2D eigenvalue weighted by molar-refractivity contribution is 5.64. The summed E-state index contributed by atoms with van der Waals surface area (Å²) in [6.07, 6.45) is 6.65. The fraction of sp³-hybridized carbons (Fsp3) is 0.550. The molecule has 7 heteroatoms. The van der Waals surface area contributed by atoms with Crippen LogP contribution in [0.5, 0.6) is 11.5 Å². The van der Waals surface area contributed by atoms with Crippen LogP contribution in [0.4, 0.5) is 0 Å². The summed E-state index contributed by atoms with van der Waals surface area (Å²) in [5, 5.41) is 20.2.